The van der Waals surface area contributed by atoms with Gasteiger partial charge in [-0.1, -0.05) is 0 Å². The summed E-state index contributed by atoms with van der Waals surface area (Å²) in [6.45, 7) is 0. The average molecular weight is 328 g/mol. The van der Waals surface area contributed by atoms with Gasteiger partial charge in [0.05, 0.1) is 30.3 Å². The molecule has 0 amide bonds. The zero-order valence-electron chi connectivity index (χ0n) is 12.3. The fourth-order valence-corrected chi connectivity index (χ4v) is 3.65. The molecule has 0 atom stereocenters. The van der Waals surface area contributed by atoms with E-state index in [0.29, 0.717) is 23.0 Å². The van der Waals surface area contributed by atoms with Gasteiger partial charge in [-0.2, -0.15) is 5.21 Å². The van der Waals surface area contributed by atoms with Gasteiger partial charge < -0.3 is 15.2 Å². The molecule has 0 bridgehead atoms. The molecule has 4 rings (SSSR count). The number of nitrogens with zero attached hydrogens (tertiary/aromatic N) is 4. The van der Waals surface area contributed by atoms with Crippen LogP contribution in [0.3, 0.4) is 0 Å². The maximum Gasteiger partial charge on any atom is 0.216 e. The number of aromatic amines is 1. The van der Waals surface area contributed by atoms with Gasteiger partial charge in [-0.15, -0.1) is 21.5 Å². The number of benzene rings is 1. The molecule has 4 aromatic rings. The SMILES string of the molecule is COc1cc2ncc3c(N)c(-c4nn[nH]n4)sc3c2cc1OC. The minimum Gasteiger partial charge on any atom is -0.493 e. The average Bonchev–Trinajstić information content (AvgIpc) is 3.21. The molecule has 0 aliphatic heterocycles. The quantitative estimate of drug-likeness (QED) is 0.593. The number of nitrogen functional groups attached to an aromatic ring is 1. The minimum atomic E-state index is 0.470. The summed E-state index contributed by atoms with van der Waals surface area (Å²) >= 11 is 1.50. The summed E-state index contributed by atoms with van der Waals surface area (Å²) in [6, 6.07) is 3.75. The van der Waals surface area contributed by atoms with Crippen molar-refractivity contribution >= 4 is 38.0 Å². The van der Waals surface area contributed by atoms with E-state index in [2.05, 4.69) is 25.6 Å². The van der Waals surface area contributed by atoms with Crippen LogP contribution in [0, 0.1) is 0 Å². The number of tetrazole rings is 1. The Kier molecular flexibility index (Phi) is 3.01. The van der Waals surface area contributed by atoms with Gasteiger partial charge in [0.15, 0.2) is 11.5 Å². The number of rotatable bonds is 3. The van der Waals surface area contributed by atoms with Gasteiger partial charge in [-0.25, -0.2) is 0 Å². The molecule has 3 N–H and O–H groups in total. The highest BCUT2D eigenvalue weighted by molar-refractivity contribution is 7.24. The number of H-pyrrole nitrogens is 1. The summed E-state index contributed by atoms with van der Waals surface area (Å²) < 4.78 is 11.7. The summed E-state index contributed by atoms with van der Waals surface area (Å²) in [5.41, 5.74) is 7.64. The van der Waals surface area contributed by atoms with Gasteiger partial charge in [-0.3, -0.25) is 4.98 Å². The van der Waals surface area contributed by atoms with Crippen molar-refractivity contribution in [1.29, 1.82) is 0 Å². The molecule has 3 aromatic heterocycles. The van der Waals surface area contributed by atoms with Crippen LogP contribution < -0.4 is 15.2 Å². The fourth-order valence-electron chi connectivity index (χ4n) is 2.50. The van der Waals surface area contributed by atoms with Crippen LogP contribution in [0.15, 0.2) is 18.3 Å². The highest BCUT2D eigenvalue weighted by atomic mass is 32.1. The third-order valence-electron chi connectivity index (χ3n) is 3.61. The Balaban J connectivity index is 2.06. The molecule has 0 aliphatic carbocycles. The van der Waals surface area contributed by atoms with Gasteiger partial charge in [-0.05, 0) is 11.3 Å². The second-order valence-corrected chi connectivity index (χ2v) is 5.83. The lowest BCUT2D eigenvalue weighted by Gasteiger charge is -2.09. The Morgan fingerprint density at radius 3 is 2.61 bits per heavy atom. The molecular weight excluding hydrogens is 316 g/mol. The highest BCUT2D eigenvalue weighted by Gasteiger charge is 2.18. The van der Waals surface area contributed by atoms with Gasteiger partial charge in [0.1, 0.15) is 0 Å². The summed E-state index contributed by atoms with van der Waals surface area (Å²) in [5, 5.41) is 15.8. The molecule has 116 valence electrons. The molecule has 0 radical (unpaired) electrons. The van der Waals surface area contributed by atoms with E-state index in [1.54, 1.807) is 20.4 Å². The predicted molar refractivity (Wildman–Crippen MR) is 87.8 cm³/mol. The van der Waals surface area contributed by atoms with E-state index in [9.17, 15) is 0 Å². The molecule has 1 aromatic carbocycles. The normalized spacial score (nSPS) is 11.2. The second kappa shape index (κ2) is 5.06. The maximum absolute atomic E-state index is 6.24. The van der Waals surface area contributed by atoms with Crippen molar-refractivity contribution in [3.05, 3.63) is 18.3 Å². The Bertz CT molecular complexity index is 1010. The summed E-state index contributed by atoms with van der Waals surface area (Å²) in [4.78, 5) is 5.24. The molecule has 0 fully saturated rings. The van der Waals surface area contributed by atoms with Gasteiger partial charge in [0.2, 0.25) is 5.82 Å². The van der Waals surface area contributed by atoms with Crippen molar-refractivity contribution in [2.45, 2.75) is 0 Å². The van der Waals surface area contributed by atoms with Crippen molar-refractivity contribution < 1.29 is 9.47 Å². The zero-order valence-corrected chi connectivity index (χ0v) is 13.1. The lowest BCUT2D eigenvalue weighted by molar-refractivity contribution is 0.356. The maximum atomic E-state index is 6.24. The molecule has 23 heavy (non-hydrogen) atoms. The second-order valence-electron chi connectivity index (χ2n) is 4.81. The monoisotopic (exact) mass is 328 g/mol. The number of methoxy groups -OCH3 is 2. The van der Waals surface area contributed by atoms with Crippen molar-refractivity contribution in [3.63, 3.8) is 0 Å². The Hall–Kier alpha value is -2.94. The van der Waals surface area contributed by atoms with Crippen molar-refractivity contribution in [2.24, 2.45) is 0 Å². The number of anilines is 1. The number of hydrogen-bond donors (Lipinski definition) is 2. The number of thiophene rings is 1. The molecule has 0 saturated heterocycles. The largest absolute Gasteiger partial charge is 0.493 e. The molecule has 0 unspecified atom stereocenters. The van der Waals surface area contributed by atoms with Crippen LogP contribution in [0.1, 0.15) is 0 Å². The number of nitrogens with two attached hydrogens (primary N) is 1. The van der Waals surface area contributed by atoms with Crippen LogP contribution in [0.4, 0.5) is 5.69 Å². The topological polar surface area (TPSA) is 112 Å². The van der Waals surface area contributed by atoms with E-state index in [1.807, 2.05) is 12.1 Å². The lowest BCUT2D eigenvalue weighted by Crippen LogP contribution is -1.92. The zero-order chi connectivity index (χ0) is 16.0. The first-order valence-electron chi connectivity index (χ1n) is 6.69. The summed E-state index contributed by atoms with van der Waals surface area (Å²) in [5.74, 6) is 1.74. The minimum absolute atomic E-state index is 0.470. The van der Waals surface area contributed by atoms with Crippen LogP contribution in [0.2, 0.25) is 0 Å². The van der Waals surface area contributed by atoms with E-state index in [-0.39, 0.29) is 0 Å². The van der Waals surface area contributed by atoms with Crippen LogP contribution >= 0.6 is 11.3 Å². The van der Waals surface area contributed by atoms with E-state index in [1.165, 1.54) is 11.3 Å². The standard InChI is InChI=1S/C14H12N6O2S/c1-21-9-3-6-8(4-10(9)22-2)16-5-7-11(15)13(23-12(6)7)14-17-19-20-18-14/h3-5H,15H2,1-2H3,(H,17,18,19,20). The summed E-state index contributed by atoms with van der Waals surface area (Å²) in [6.07, 6.45) is 1.75. The first-order chi connectivity index (χ1) is 11.2. The third kappa shape index (κ3) is 1.97. The molecular formula is C14H12N6O2S. The Morgan fingerprint density at radius 1 is 1.13 bits per heavy atom. The molecule has 3 heterocycles. The first-order valence-corrected chi connectivity index (χ1v) is 7.51. The van der Waals surface area contributed by atoms with E-state index in [0.717, 1.165) is 25.9 Å². The van der Waals surface area contributed by atoms with Crippen LogP contribution in [-0.2, 0) is 0 Å². The van der Waals surface area contributed by atoms with Gasteiger partial charge in [0, 0.05) is 27.7 Å². The van der Waals surface area contributed by atoms with E-state index < -0.39 is 0 Å². The molecule has 0 saturated carbocycles. The number of pyridine rings is 1. The first kappa shape index (κ1) is 13.7. The number of hydrogen-bond acceptors (Lipinski definition) is 8. The van der Waals surface area contributed by atoms with E-state index >= 15 is 0 Å². The van der Waals surface area contributed by atoms with Crippen LogP contribution in [-0.4, -0.2) is 39.8 Å². The van der Waals surface area contributed by atoms with Crippen molar-refractivity contribution in [1.82, 2.24) is 25.6 Å². The van der Waals surface area contributed by atoms with Gasteiger partial charge in [0.25, 0.3) is 0 Å². The molecule has 0 spiro atoms. The number of aromatic nitrogens is 5. The molecule has 9 heteroatoms. The Morgan fingerprint density at radius 2 is 1.91 bits per heavy atom. The summed E-state index contributed by atoms with van der Waals surface area (Å²) in [7, 11) is 3.20. The molecule has 8 nitrogen and oxygen atoms in total. The molecule has 0 aliphatic rings. The smallest absolute Gasteiger partial charge is 0.216 e. The highest BCUT2D eigenvalue weighted by Crippen LogP contribution is 2.43. The number of nitrogens with one attached hydrogen (secondary N) is 1. The Labute approximate surface area is 134 Å². The predicted octanol–water partition coefficient (Wildman–Crippen LogP) is 2.23. The lowest BCUT2D eigenvalue weighted by atomic mass is 10.1. The van der Waals surface area contributed by atoms with E-state index in [4.69, 9.17) is 15.2 Å². The fraction of sp³-hybridized carbons (Fsp3) is 0.143. The van der Waals surface area contributed by atoms with Gasteiger partial charge >= 0.3 is 0 Å². The van der Waals surface area contributed by atoms with Crippen LogP contribution in [0.25, 0.3) is 31.7 Å². The van der Waals surface area contributed by atoms with Crippen LogP contribution in [0.5, 0.6) is 11.5 Å². The van der Waals surface area contributed by atoms with Crippen molar-refractivity contribution in [3.8, 4) is 22.2 Å². The number of ether oxygens (including phenoxy) is 2. The number of fused-ring (bicyclic) bond motifs is 3. The third-order valence-corrected chi connectivity index (χ3v) is 4.86. The van der Waals surface area contributed by atoms with Crippen molar-refractivity contribution in [2.75, 3.05) is 20.0 Å².